The lowest BCUT2D eigenvalue weighted by Gasteiger charge is -2.26. The van der Waals surface area contributed by atoms with Gasteiger partial charge in [-0.25, -0.2) is 19.6 Å². The number of anilines is 1. The lowest BCUT2D eigenvalue weighted by atomic mass is 9.82. The molecule has 0 unspecified atom stereocenters. The largest absolute Gasteiger partial charge is 0.494 e. The molecule has 2 aliphatic carbocycles. The second-order valence-electron chi connectivity index (χ2n) is 21.1. The second-order valence-corrected chi connectivity index (χ2v) is 22.1. The van der Waals surface area contributed by atoms with Crippen LogP contribution in [0.5, 0.6) is 34.5 Å². The topological polar surface area (TPSA) is 205 Å². The number of para-hydroxylation sites is 1. The van der Waals surface area contributed by atoms with Gasteiger partial charge in [-0.1, -0.05) is 62.8 Å². The fourth-order valence-corrected chi connectivity index (χ4v) is 10.8. The Morgan fingerprint density at radius 2 is 0.952 bits per heavy atom. The Morgan fingerprint density at radius 1 is 0.524 bits per heavy atom. The number of nitrogens with zero attached hydrogens (tertiary/aromatic N) is 3. The van der Waals surface area contributed by atoms with Gasteiger partial charge in [0.1, 0.15) is 34.5 Å². The molecule has 5 aromatic rings. The van der Waals surface area contributed by atoms with Gasteiger partial charge in [-0.15, -0.1) is 0 Å². The smallest absolute Gasteiger partial charge is 0.330 e. The quantitative estimate of drug-likeness (QED) is 0.00938. The van der Waals surface area contributed by atoms with Gasteiger partial charge in [-0.05, 0) is 188 Å². The molecule has 0 radical (unpaired) electrons. The summed E-state index contributed by atoms with van der Waals surface area (Å²) in [5.41, 5.74) is 1.29. The molecule has 0 atom stereocenters. The molecule has 2 aliphatic rings. The third-order valence-corrected chi connectivity index (χ3v) is 15.8. The average molecular weight is 1170 g/mol. The molecule has 84 heavy (non-hydrogen) atoms. The maximum atomic E-state index is 14.0. The number of thiazole rings is 1. The molecule has 0 spiro atoms. The highest BCUT2D eigenvalue weighted by Gasteiger charge is 2.34. The minimum absolute atomic E-state index is 0.242. The number of hydrazone groups is 1. The summed E-state index contributed by atoms with van der Waals surface area (Å²) in [5.74, 6) is -1.40. The molecule has 0 aliphatic heterocycles. The van der Waals surface area contributed by atoms with E-state index in [0.29, 0.717) is 113 Å². The molecule has 17 nitrogen and oxygen atoms in total. The van der Waals surface area contributed by atoms with Gasteiger partial charge in [0.05, 0.1) is 66.5 Å². The number of hydrogen-bond acceptors (Lipinski definition) is 18. The number of carbonyl (C=O) groups excluding carboxylic acids is 6. The zero-order chi connectivity index (χ0) is 59.3. The van der Waals surface area contributed by atoms with Crippen LogP contribution in [0.1, 0.15) is 141 Å². The first-order chi connectivity index (χ1) is 41.0. The van der Waals surface area contributed by atoms with Crippen LogP contribution in [-0.2, 0) is 38.2 Å². The van der Waals surface area contributed by atoms with Crippen LogP contribution in [0.25, 0.3) is 10.2 Å². The monoisotopic (exact) mass is 1170 g/mol. The number of aromatic nitrogens is 1. The molecule has 7 rings (SSSR count). The molecule has 4 aromatic carbocycles. The Labute approximate surface area is 496 Å². The number of carbonyl (C=O) groups is 6. The number of rotatable bonds is 34. The molecule has 0 N–H and O–H groups in total. The summed E-state index contributed by atoms with van der Waals surface area (Å²) in [4.78, 5) is 81.5. The van der Waals surface area contributed by atoms with Crippen molar-refractivity contribution in [3.8, 4) is 34.5 Å². The number of unbranched alkanes of at least 4 members (excludes halogenated alkanes) is 9. The van der Waals surface area contributed by atoms with Gasteiger partial charge < -0.3 is 37.9 Å². The average Bonchev–Trinajstić information content (AvgIpc) is 4.13. The number of ether oxygens (including phenoxy) is 8. The van der Waals surface area contributed by atoms with Crippen molar-refractivity contribution in [2.24, 2.45) is 28.8 Å². The summed E-state index contributed by atoms with van der Waals surface area (Å²) in [6.45, 7) is 11.4. The number of esters is 6. The van der Waals surface area contributed by atoms with E-state index in [-0.39, 0.29) is 35.3 Å². The molecule has 1 heterocycles. The van der Waals surface area contributed by atoms with Gasteiger partial charge >= 0.3 is 35.8 Å². The fourth-order valence-electron chi connectivity index (χ4n) is 9.86. The zero-order valence-corrected chi connectivity index (χ0v) is 49.1. The van der Waals surface area contributed by atoms with Crippen molar-refractivity contribution in [3.05, 3.63) is 122 Å². The molecule has 18 heteroatoms. The van der Waals surface area contributed by atoms with Gasteiger partial charge in [0.25, 0.3) is 0 Å². The predicted octanol–water partition coefficient (Wildman–Crippen LogP) is 13.7. The second kappa shape index (κ2) is 34.7. The molecule has 0 saturated heterocycles. The van der Waals surface area contributed by atoms with E-state index in [4.69, 9.17) is 48.0 Å². The lowest BCUT2D eigenvalue weighted by molar-refractivity contribution is -0.145. The van der Waals surface area contributed by atoms with E-state index >= 15 is 0 Å². The molecule has 2 fully saturated rings. The Bertz CT molecular complexity index is 2930. The SMILES string of the molecule is C=CC(=O)OCCCCCCOc1ccc(OC(=O)C2CCC(C(=O)Oc3ccc(OC(=O)C4CCC(C(=O)Oc5ccc(OCCCCCCOC(=O)C=C)cc5)CC4)c(/C=N/N(CCCCCC)c4nc5ccccc5s4)c3)CC2)cc1. The first kappa shape index (κ1) is 63.7. The first-order valence-electron chi connectivity index (χ1n) is 29.7. The summed E-state index contributed by atoms with van der Waals surface area (Å²) in [6.07, 6.45) is 18.5. The number of fused-ring (bicyclic) bond motifs is 1. The minimum atomic E-state index is -0.463. The highest BCUT2D eigenvalue weighted by Crippen LogP contribution is 2.36. The van der Waals surface area contributed by atoms with Crippen molar-refractivity contribution in [1.29, 1.82) is 0 Å². The molecule has 0 amide bonds. The van der Waals surface area contributed by atoms with Crippen LogP contribution in [0, 0.1) is 23.7 Å². The third kappa shape index (κ3) is 21.1. The molecule has 448 valence electrons. The van der Waals surface area contributed by atoms with Crippen LogP contribution < -0.4 is 33.4 Å². The maximum absolute atomic E-state index is 14.0. The van der Waals surface area contributed by atoms with Gasteiger partial charge in [-0.2, -0.15) is 5.10 Å². The molecular weight excluding hydrogens is 1090 g/mol. The first-order valence-corrected chi connectivity index (χ1v) is 30.5. The van der Waals surface area contributed by atoms with Crippen LogP contribution in [0.4, 0.5) is 5.13 Å². The summed E-state index contributed by atoms with van der Waals surface area (Å²) < 4.78 is 46.4. The summed E-state index contributed by atoms with van der Waals surface area (Å²) in [6, 6.07) is 26.7. The van der Waals surface area contributed by atoms with Crippen LogP contribution in [-0.4, -0.2) is 80.0 Å². The summed E-state index contributed by atoms with van der Waals surface area (Å²) in [7, 11) is 0. The molecule has 0 bridgehead atoms. The molecular formula is C66H79N3O14S. The van der Waals surface area contributed by atoms with Crippen LogP contribution >= 0.6 is 11.3 Å². The van der Waals surface area contributed by atoms with E-state index in [0.717, 1.165) is 105 Å². The minimum Gasteiger partial charge on any atom is -0.494 e. The zero-order valence-electron chi connectivity index (χ0n) is 48.3. The van der Waals surface area contributed by atoms with Crippen molar-refractivity contribution in [2.45, 2.75) is 135 Å². The summed E-state index contributed by atoms with van der Waals surface area (Å²) in [5, 5.41) is 7.51. The van der Waals surface area contributed by atoms with Crippen molar-refractivity contribution < 1.29 is 66.7 Å². The molecule has 1 aromatic heterocycles. The van der Waals surface area contributed by atoms with Gasteiger partial charge in [-0.3, -0.25) is 19.2 Å². The predicted molar refractivity (Wildman–Crippen MR) is 322 cm³/mol. The van der Waals surface area contributed by atoms with Crippen molar-refractivity contribution in [1.82, 2.24) is 4.98 Å². The van der Waals surface area contributed by atoms with Gasteiger partial charge in [0.2, 0.25) is 5.13 Å². The van der Waals surface area contributed by atoms with E-state index in [1.165, 1.54) is 11.3 Å². The Hall–Kier alpha value is -7.86. The van der Waals surface area contributed by atoms with E-state index < -0.39 is 35.7 Å². The highest BCUT2D eigenvalue weighted by molar-refractivity contribution is 7.22. The Kier molecular flexibility index (Phi) is 26.3. The van der Waals surface area contributed by atoms with Crippen LogP contribution in [0.2, 0.25) is 0 Å². The highest BCUT2D eigenvalue weighted by atomic mass is 32.1. The van der Waals surface area contributed by atoms with E-state index in [9.17, 15) is 28.8 Å². The van der Waals surface area contributed by atoms with Crippen LogP contribution in [0.3, 0.4) is 0 Å². The van der Waals surface area contributed by atoms with E-state index in [1.54, 1.807) is 72.9 Å². The van der Waals surface area contributed by atoms with Gasteiger partial charge in [0, 0.05) is 24.3 Å². The number of benzene rings is 4. The van der Waals surface area contributed by atoms with Crippen molar-refractivity contribution >= 4 is 68.7 Å². The molecule has 2 saturated carbocycles. The normalized spacial score (nSPS) is 16.7. The van der Waals surface area contributed by atoms with E-state index in [1.807, 2.05) is 29.3 Å². The Balaban J connectivity index is 0.911. The third-order valence-electron chi connectivity index (χ3n) is 14.8. The van der Waals surface area contributed by atoms with E-state index in [2.05, 4.69) is 20.1 Å². The number of hydrogen-bond donors (Lipinski definition) is 0. The lowest BCUT2D eigenvalue weighted by Crippen LogP contribution is -2.30. The van der Waals surface area contributed by atoms with Crippen LogP contribution in [0.15, 0.2) is 121 Å². The Morgan fingerprint density at radius 3 is 1.43 bits per heavy atom. The van der Waals surface area contributed by atoms with Crippen molar-refractivity contribution in [3.63, 3.8) is 0 Å². The summed E-state index contributed by atoms with van der Waals surface area (Å²) >= 11 is 1.54. The maximum Gasteiger partial charge on any atom is 0.330 e. The fraction of sp³-hybridized carbons (Fsp3) is 0.455. The standard InChI is InChI=1S/C66H79N3O14S/c1-4-7-8-15-40-69(66-68-57-20-13-14-21-59(57)84-66)67-46-51-45-56(82-64(74)49-24-22-47(23-25-49)62(72)80-54-34-30-52(31-35-54)76-41-16-9-11-18-43-78-60(70)5-2)38-39-58(51)83-65(75)50-28-26-48(27-29-50)63(73)81-55-36-32-53(33-37-55)77-42-17-10-12-19-44-79-61(71)6-3/h5-6,13-14,20-21,30-39,45-50H,2-4,7-12,15-19,22-29,40-44H2,1H3/b67-46+. The van der Waals surface area contributed by atoms with Crippen molar-refractivity contribution in [2.75, 3.05) is 38.0 Å². The van der Waals surface area contributed by atoms with Gasteiger partial charge in [0.15, 0.2) is 0 Å².